The van der Waals surface area contributed by atoms with Gasteiger partial charge >= 0.3 is 0 Å². The van der Waals surface area contributed by atoms with Crippen molar-refractivity contribution in [3.63, 3.8) is 0 Å². The highest BCUT2D eigenvalue weighted by atomic mass is 16.2. The van der Waals surface area contributed by atoms with Gasteiger partial charge < -0.3 is 9.47 Å². The van der Waals surface area contributed by atoms with Crippen LogP contribution < -0.4 is 0 Å². The van der Waals surface area contributed by atoms with Crippen molar-refractivity contribution in [2.24, 2.45) is 10.8 Å². The number of nitrogens with zero attached hydrogens (tertiary/aromatic N) is 3. The van der Waals surface area contributed by atoms with E-state index in [2.05, 4.69) is 41.3 Å². The van der Waals surface area contributed by atoms with E-state index in [0.717, 1.165) is 36.2 Å². The Balaban J connectivity index is 1.60. The molecule has 2 fully saturated rings. The van der Waals surface area contributed by atoms with Crippen molar-refractivity contribution in [1.82, 2.24) is 14.5 Å². The molecule has 128 valence electrons. The van der Waals surface area contributed by atoms with E-state index in [9.17, 15) is 4.79 Å². The van der Waals surface area contributed by atoms with E-state index < -0.39 is 0 Å². The summed E-state index contributed by atoms with van der Waals surface area (Å²) in [5.41, 5.74) is 2.64. The number of carbonyl (C=O) groups excluding carboxylic acids is 1. The largest absolute Gasteiger partial charge is 0.338 e. The summed E-state index contributed by atoms with van der Waals surface area (Å²) in [6.07, 6.45) is 3.50. The molecule has 0 spiro atoms. The van der Waals surface area contributed by atoms with Gasteiger partial charge in [0.2, 0.25) is 5.91 Å². The van der Waals surface area contributed by atoms with E-state index >= 15 is 0 Å². The number of benzene rings is 1. The van der Waals surface area contributed by atoms with E-state index in [1.54, 1.807) is 0 Å². The topological polar surface area (TPSA) is 38.1 Å². The Morgan fingerprint density at radius 2 is 2.00 bits per heavy atom. The molecule has 2 atom stereocenters. The molecule has 4 nitrogen and oxygen atoms in total. The zero-order valence-electron chi connectivity index (χ0n) is 15.2. The molecule has 1 aliphatic carbocycles. The van der Waals surface area contributed by atoms with Crippen LogP contribution in [0.15, 0.2) is 24.3 Å². The first-order valence-corrected chi connectivity index (χ1v) is 8.98. The number of carbonyl (C=O) groups is 1. The van der Waals surface area contributed by atoms with E-state index in [-0.39, 0.29) is 11.3 Å². The number of likely N-dealkylation sites (tertiary alicyclic amines) is 1. The number of hydrogen-bond donors (Lipinski definition) is 0. The van der Waals surface area contributed by atoms with Crippen LogP contribution in [0, 0.1) is 17.8 Å². The van der Waals surface area contributed by atoms with Crippen LogP contribution in [-0.4, -0.2) is 32.9 Å². The number of imidazole rings is 1. The third kappa shape index (κ3) is 2.52. The van der Waals surface area contributed by atoms with Gasteiger partial charge in [0.15, 0.2) is 0 Å². The van der Waals surface area contributed by atoms with Crippen LogP contribution in [0.4, 0.5) is 0 Å². The van der Waals surface area contributed by atoms with Gasteiger partial charge in [-0.3, -0.25) is 4.79 Å². The highest BCUT2D eigenvalue weighted by Crippen LogP contribution is 2.52. The van der Waals surface area contributed by atoms with E-state index in [1.165, 1.54) is 6.42 Å². The molecule has 1 aromatic heterocycles. The zero-order valence-corrected chi connectivity index (χ0v) is 15.2. The van der Waals surface area contributed by atoms with E-state index in [1.807, 2.05) is 25.1 Å². The van der Waals surface area contributed by atoms with Crippen molar-refractivity contribution >= 4 is 16.9 Å². The first kappa shape index (κ1) is 15.7. The van der Waals surface area contributed by atoms with Gasteiger partial charge in [0.05, 0.1) is 11.0 Å². The van der Waals surface area contributed by atoms with Gasteiger partial charge in [0, 0.05) is 12.6 Å². The van der Waals surface area contributed by atoms with Gasteiger partial charge in [-0.1, -0.05) is 32.9 Å². The number of fused-ring (bicyclic) bond motifs is 3. The Hall–Kier alpha value is -1.84. The summed E-state index contributed by atoms with van der Waals surface area (Å²) in [5, 5.41) is 0. The average Bonchev–Trinajstić information content (AvgIpc) is 2.92. The molecule has 1 aliphatic heterocycles. The molecular formula is C20H27N3O. The van der Waals surface area contributed by atoms with Crippen molar-refractivity contribution in [3.05, 3.63) is 30.1 Å². The molecular weight excluding hydrogens is 298 g/mol. The van der Waals surface area contributed by atoms with Crippen molar-refractivity contribution in [1.29, 1.82) is 0 Å². The lowest BCUT2D eigenvalue weighted by Gasteiger charge is -2.39. The normalized spacial score (nSPS) is 28.5. The lowest BCUT2D eigenvalue weighted by atomic mass is 9.65. The number of amides is 1. The lowest BCUT2D eigenvalue weighted by Crippen LogP contribution is -2.39. The maximum Gasteiger partial charge on any atom is 0.242 e. The fourth-order valence-corrected chi connectivity index (χ4v) is 5.37. The van der Waals surface area contributed by atoms with Gasteiger partial charge in [0.25, 0.3) is 0 Å². The molecule has 0 N–H and O–H groups in total. The molecule has 4 rings (SSSR count). The van der Waals surface area contributed by atoms with Gasteiger partial charge in [-0.2, -0.15) is 0 Å². The summed E-state index contributed by atoms with van der Waals surface area (Å²) in [6, 6.07) is 8.47. The predicted octanol–water partition coefficient (Wildman–Crippen LogP) is 3.77. The molecule has 4 heteroatoms. The predicted molar refractivity (Wildman–Crippen MR) is 95.7 cm³/mol. The molecule has 2 heterocycles. The molecule has 24 heavy (non-hydrogen) atoms. The molecule has 2 aliphatic rings. The third-order valence-corrected chi connectivity index (χ3v) is 5.87. The fraction of sp³-hybridized carbons (Fsp3) is 0.600. The number of aryl methyl sites for hydroxylation is 1. The average molecular weight is 325 g/mol. The molecule has 1 aromatic carbocycles. The lowest BCUT2D eigenvalue weighted by molar-refractivity contribution is -0.133. The summed E-state index contributed by atoms with van der Waals surface area (Å²) >= 11 is 0. The summed E-state index contributed by atoms with van der Waals surface area (Å²) in [4.78, 5) is 19.8. The van der Waals surface area contributed by atoms with Crippen LogP contribution in [0.2, 0.25) is 0 Å². The molecule has 2 bridgehead atoms. The molecule has 1 saturated carbocycles. The first-order chi connectivity index (χ1) is 11.3. The van der Waals surface area contributed by atoms with Crippen molar-refractivity contribution in [2.75, 3.05) is 6.54 Å². The second-order valence-electron chi connectivity index (χ2n) is 8.97. The van der Waals surface area contributed by atoms with Crippen LogP contribution in [0.1, 0.15) is 45.9 Å². The zero-order chi connectivity index (χ0) is 17.1. The number of rotatable bonds is 2. The van der Waals surface area contributed by atoms with E-state index in [0.29, 0.717) is 18.0 Å². The number of aromatic nitrogens is 2. The van der Waals surface area contributed by atoms with Crippen LogP contribution >= 0.6 is 0 Å². The fourth-order valence-electron chi connectivity index (χ4n) is 5.37. The minimum atomic E-state index is 0.243. The van der Waals surface area contributed by atoms with Gasteiger partial charge in [-0.05, 0) is 49.1 Å². The Morgan fingerprint density at radius 1 is 1.25 bits per heavy atom. The van der Waals surface area contributed by atoms with Crippen molar-refractivity contribution in [2.45, 2.75) is 59.5 Å². The second kappa shape index (κ2) is 5.08. The molecule has 0 radical (unpaired) electrons. The summed E-state index contributed by atoms with van der Waals surface area (Å²) in [5.74, 6) is 1.16. The highest BCUT2D eigenvalue weighted by Gasteiger charge is 2.50. The van der Waals surface area contributed by atoms with Gasteiger partial charge in [0.1, 0.15) is 12.4 Å². The Morgan fingerprint density at radius 3 is 2.79 bits per heavy atom. The highest BCUT2D eigenvalue weighted by molar-refractivity contribution is 5.81. The van der Waals surface area contributed by atoms with Crippen molar-refractivity contribution in [3.8, 4) is 0 Å². The quantitative estimate of drug-likeness (QED) is 0.843. The standard InChI is InChI=1S/C20H27N3O/c1-14-21-16-7-5-6-8-17(16)22(14)11-18(24)23-13-20(4)10-15(23)9-19(2,3)12-20/h5-8,15H,9-13H2,1-4H3. The summed E-state index contributed by atoms with van der Waals surface area (Å²) in [7, 11) is 0. The molecule has 1 amide bonds. The molecule has 1 saturated heterocycles. The summed E-state index contributed by atoms with van der Waals surface area (Å²) < 4.78 is 2.06. The second-order valence-corrected chi connectivity index (χ2v) is 8.97. The molecule has 2 unspecified atom stereocenters. The van der Waals surface area contributed by atoms with Gasteiger partial charge in [-0.25, -0.2) is 4.98 Å². The SMILES string of the molecule is Cc1nc2ccccc2n1CC(=O)N1CC2(C)CC1CC(C)(C)C2. The third-order valence-electron chi connectivity index (χ3n) is 5.87. The van der Waals surface area contributed by atoms with Crippen molar-refractivity contribution < 1.29 is 4.79 Å². The van der Waals surface area contributed by atoms with Crippen LogP contribution in [0.25, 0.3) is 11.0 Å². The number of hydrogen-bond acceptors (Lipinski definition) is 2. The van der Waals surface area contributed by atoms with Crippen LogP contribution in [-0.2, 0) is 11.3 Å². The maximum absolute atomic E-state index is 13.1. The van der Waals surface area contributed by atoms with Crippen LogP contribution in [0.5, 0.6) is 0 Å². The first-order valence-electron chi connectivity index (χ1n) is 8.98. The number of para-hydroxylation sites is 2. The minimum absolute atomic E-state index is 0.243. The smallest absolute Gasteiger partial charge is 0.242 e. The molecule has 2 aromatic rings. The Kier molecular flexibility index (Phi) is 3.32. The minimum Gasteiger partial charge on any atom is -0.338 e. The Labute approximate surface area is 143 Å². The summed E-state index contributed by atoms with van der Waals surface area (Å²) in [6.45, 7) is 10.3. The van der Waals surface area contributed by atoms with Gasteiger partial charge in [-0.15, -0.1) is 0 Å². The maximum atomic E-state index is 13.1. The van der Waals surface area contributed by atoms with Crippen LogP contribution in [0.3, 0.4) is 0 Å². The Bertz CT molecular complexity index is 806. The monoisotopic (exact) mass is 325 g/mol. The van der Waals surface area contributed by atoms with E-state index in [4.69, 9.17) is 0 Å².